The lowest BCUT2D eigenvalue weighted by Crippen LogP contribution is -2.13. The molecule has 4 nitrogen and oxygen atoms in total. The first-order valence-electron chi connectivity index (χ1n) is 12.6. The summed E-state index contributed by atoms with van der Waals surface area (Å²) < 4.78 is 16.2. The Morgan fingerprint density at radius 3 is 1.45 bits per heavy atom. The summed E-state index contributed by atoms with van der Waals surface area (Å²) in [6.07, 6.45) is 21.2. The molecule has 0 bridgehead atoms. The normalized spacial score (nSPS) is 11.1. The Balaban J connectivity index is 3.08. The highest BCUT2D eigenvalue weighted by Crippen LogP contribution is 2.11. The maximum atomic E-state index is 11.5. The van der Waals surface area contributed by atoms with Gasteiger partial charge in [-0.3, -0.25) is 4.79 Å². The standard InChI is InChI=1S/C25H50O4/c1-3-5-7-9-10-11-12-13-14-16-18-20-27-21-22-28-23-24-29-25(26)19-17-15-8-6-4-2/h3-24H2,1-2H3. The van der Waals surface area contributed by atoms with Gasteiger partial charge in [0.05, 0.1) is 19.8 Å². The van der Waals surface area contributed by atoms with E-state index in [4.69, 9.17) is 14.2 Å². The minimum absolute atomic E-state index is 0.0992. The second kappa shape index (κ2) is 25.4. The van der Waals surface area contributed by atoms with Gasteiger partial charge in [0.25, 0.3) is 0 Å². The lowest BCUT2D eigenvalue weighted by Gasteiger charge is -2.07. The first kappa shape index (κ1) is 28.4. The molecule has 0 aromatic heterocycles. The highest BCUT2D eigenvalue weighted by atomic mass is 16.6. The number of rotatable bonds is 24. The summed E-state index contributed by atoms with van der Waals surface area (Å²) in [4.78, 5) is 11.5. The molecule has 0 fully saturated rings. The SMILES string of the molecule is CCCCCCCCCCCCCOCCOCCOC(=O)CCCCCCC. The highest BCUT2D eigenvalue weighted by molar-refractivity contribution is 5.69. The zero-order valence-electron chi connectivity index (χ0n) is 19.7. The third-order valence-corrected chi connectivity index (χ3v) is 5.24. The van der Waals surface area contributed by atoms with Crippen LogP contribution in [-0.2, 0) is 19.0 Å². The van der Waals surface area contributed by atoms with Crippen molar-refractivity contribution in [1.82, 2.24) is 0 Å². The quantitative estimate of drug-likeness (QED) is 0.123. The van der Waals surface area contributed by atoms with Crippen LogP contribution in [0.5, 0.6) is 0 Å². The van der Waals surface area contributed by atoms with Gasteiger partial charge < -0.3 is 14.2 Å². The molecule has 0 rings (SSSR count). The Morgan fingerprint density at radius 2 is 0.897 bits per heavy atom. The van der Waals surface area contributed by atoms with Crippen LogP contribution in [0.15, 0.2) is 0 Å². The number of carbonyl (C=O) groups is 1. The number of hydrogen-bond acceptors (Lipinski definition) is 4. The summed E-state index contributed by atoms with van der Waals surface area (Å²) in [5.74, 6) is -0.0992. The van der Waals surface area contributed by atoms with E-state index in [-0.39, 0.29) is 5.97 Å². The van der Waals surface area contributed by atoms with Crippen molar-refractivity contribution in [3.8, 4) is 0 Å². The van der Waals surface area contributed by atoms with E-state index < -0.39 is 0 Å². The van der Waals surface area contributed by atoms with Gasteiger partial charge in [0, 0.05) is 13.0 Å². The summed E-state index contributed by atoms with van der Waals surface area (Å²) in [6, 6.07) is 0. The van der Waals surface area contributed by atoms with Crippen LogP contribution in [0, 0.1) is 0 Å². The molecule has 0 aromatic carbocycles. The summed E-state index contributed by atoms with van der Waals surface area (Å²) in [6.45, 7) is 7.31. The van der Waals surface area contributed by atoms with Crippen LogP contribution in [0.25, 0.3) is 0 Å². The molecular formula is C25H50O4. The fourth-order valence-electron chi connectivity index (χ4n) is 3.35. The maximum absolute atomic E-state index is 11.5. The van der Waals surface area contributed by atoms with Gasteiger partial charge in [0.15, 0.2) is 0 Å². The lowest BCUT2D eigenvalue weighted by atomic mass is 10.1. The molecule has 0 aromatic rings. The number of unbranched alkanes of at least 4 members (excludes halogenated alkanes) is 14. The van der Waals surface area contributed by atoms with Gasteiger partial charge in [-0.15, -0.1) is 0 Å². The molecule has 0 atom stereocenters. The second-order valence-corrected chi connectivity index (χ2v) is 8.14. The molecule has 0 radical (unpaired) electrons. The maximum Gasteiger partial charge on any atom is 0.305 e. The van der Waals surface area contributed by atoms with E-state index in [1.165, 1.54) is 83.5 Å². The van der Waals surface area contributed by atoms with E-state index in [0.717, 1.165) is 25.9 Å². The Hall–Kier alpha value is -0.610. The molecule has 0 heterocycles. The van der Waals surface area contributed by atoms with Gasteiger partial charge in [0.1, 0.15) is 6.61 Å². The van der Waals surface area contributed by atoms with Crippen molar-refractivity contribution >= 4 is 5.97 Å². The Kier molecular flexibility index (Phi) is 24.9. The number of carbonyl (C=O) groups excluding carboxylic acids is 1. The Bertz CT molecular complexity index is 320. The van der Waals surface area contributed by atoms with Crippen LogP contribution >= 0.6 is 0 Å². The molecule has 0 aliphatic rings. The lowest BCUT2D eigenvalue weighted by molar-refractivity contribution is -0.145. The van der Waals surface area contributed by atoms with Gasteiger partial charge in [-0.1, -0.05) is 104 Å². The van der Waals surface area contributed by atoms with Crippen LogP contribution < -0.4 is 0 Å². The second-order valence-electron chi connectivity index (χ2n) is 8.14. The molecule has 0 spiro atoms. The summed E-state index contributed by atoms with van der Waals surface area (Å²) in [5, 5.41) is 0. The van der Waals surface area contributed by atoms with E-state index in [0.29, 0.717) is 32.8 Å². The number of esters is 1. The van der Waals surface area contributed by atoms with Crippen LogP contribution in [0.4, 0.5) is 0 Å². The van der Waals surface area contributed by atoms with Crippen LogP contribution in [0.3, 0.4) is 0 Å². The highest BCUT2D eigenvalue weighted by Gasteiger charge is 2.02. The van der Waals surface area contributed by atoms with Gasteiger partial charge in [-0.05, 0) is 12.8 Å². The average molecular weight is 415 g/mol. The van der Waals surface area contributed by atoms with E-state index in [2.05, 4.69) is 13.8 Å². The minimum atomic E-state index is -0.0992. The Labute approximate surface area is 181 Å². The van der Waals surface area contributed by atoms with Crippen molar-refractivity contribution in [2.24, 2.45) is 0 Å². The molecule has 4 heteroatoms. The third-order valence-electron chi connectivity index (χ3n) is 5.24. The van der Waals surface area contributed by atoms with E-state index in [1.807, 2.05) is 0 Å². The molecule has 0 saturated carbocycles. The fourth-order valence-corrected chi connectivity index (χ4v) is 3.35. The molecule has 0 aliphatic carbocycles. The number of ether oxygens (including phenoxy) is 3. The minimum Gasteiger partial charge on any atom is -0.463 e. The number of hydrogen-bond donors (Lipinski definition) is 0. The molecule has 0 saturated heterocycles. The van der Waals surface area contributed by atoms with Crippen molar-refractivity contribution in [1.29, 1.82) is 0 Å². The smallest absolute Gasteiger partial charge is 0.305 e. The molecule has 174 valence electrons. The molecule has 29 heavy (non-hydrogen) atoms. The van der Waals surface area contributed by atoms with Crippen LogP contribution in [0.1, 0.15) is 123 Å². The molecular weight excluding hydrogens is 364 g/mol. The van der Waals surface area contributed by atoms with E-state index in [9.17, 15) is 4.79 Å². The summed E-state index contributed by atoms with van der Waals surface area (Å²) in [7, 11) is 0. The summed E-state index contributed by atoms with van der Waals surface area (Å²) in [5.41, 5.74) is 0. The van der Waals surface area contributed by atoms with Crippen molar-refractivity contribution in [3.05, 3.63) is 0 Å². The van der Waals surface area contributed by atoms with Gasteiger partial charge in [-0.2, -0.15) is 0 Å². The van der Waals surface area contributed by atoms with Gasteiger partial charge >= 0.3 is 5.97 Å². The van der Waals surface area contributed by atoms with E-state index in [1.54, 1.807) is 0 Å². The zero-order valence-corrected chi connectivity index (χ0v) is 19.7. The Morgan fingerprint density at radius 1 is 0.483 bits per heavy atom. The predicted octanol–water partition coefficient (Wildman–Crippen LogP) is 7.23. The molecule has 0 unspecified atom stereocenters. The first-order chi connectivity index (χ1) is 14.3. The van der Waals surface area contributed by atoms with Gasteiger partial charge in [0.2, 0.25) is 0 Å². The van der Waals surface area contributed by atoms with Crippen molar-refractivity contribution < 1.29 is 19.0 Å². The summed E-state index contributed by atoms with van der Waals surface area (Å²) >= 11 is 0. The molecule has 0 amide bonds. The van der Waals surface area contributed by atoms with Crippen LogP contribution in [0.2, 0.25) is 0 Å². The van der Waals surface area contributed by atoms with Crippen molar-refractivity contribution in [3.63, 3.8) is 0 Å². The van der Waals surface area contributed by atoms with Gasteiger partial charge in [-0.25, -0.2) is 0 Å². The van der Waals surface area contributed by atoms with Crippen LogP contribution in [-0.4, -0.2) is 39.0 Å². The van der Waals surface area contributed by atoms with E-state index >= 15 is 0 Å². The largest absolute Gasteiger partial charge is 0.463 e. The molecule has 0 aliphatic heterocycles. The molecule has 0 N–H and O–H groups in total. The third kappa shape index (κ3) is 25.4. The topological polar surface area (TPSA) is 44.8 Å². The average Bonchev–Trinajstić information content (AvgIpc) is 2.72. The zero-order chi connectivity index (χ0) is 21.3. The predicted molar refractivity (Wildman–Crippen MR) is 122 cm³/mol. The van der Waals surface area contributed by atoms with Crippen molar-refractivity contribution in [2.45, 2.75) is 123 Å². The monoisotopic (exact) mass is 414 g/mol. The van der Waals surface area contributed by atoms with Crippen molar-refractivity contribution in [2.75, 3.05) is 33.0 Å². The fraction of sp³-hybridized carbons (Fsp3) is 0.960. The first-order valence-corrected chi connectivity index (χ1v) is 12.6.